The van der Waals surface area contributed by atoms with Gasteiger partial charge < -0.3 is 23.3 Å². The maximum Gasteiger partial charge on any atom is 0.338 e. The van der Waals surface area contributed by atoms with Crippen LogP contribution < -0.4 is 4.74 Å². The molecule has 8 nitrogen and oxygen atoms in total. The first-order valence-electron chi connectivity index (χ1n) is 13.8. The minimum atomic E-state index is -0.626. The smallest absolute Gasteiger partial charge is 0.338 e. The van der Waals surface area contributed by atoms with Crippen LogP contribution in [0.2, 0.25) is 5.04 Å². The number of rotatable bonds is 10. The zero-order chi connectivity index (χ0) is 29.2. The third-order valence-electron chi connectivity index (χ3n) is 6.66. The zero-order valence-corrected chi connectivity index (χ0v) is 26.5. The van der Waals surface area contributed by atoms with Gasteiger partial charge in [-0.1, -0.05) is 26.8 Å². The van der Waals surface area contributed by atoms with Crippen LogP contribution in [0.25, 0.3) is 33.6 Å². The molecule has 0 N–H and O–H groups in total. The highest BCUT2D eigenvalue weighted by atomic mass is 28.2. The lowest BCUT2D eigenvalue weighted by atomic mass is 10.2. The monoisotopic (exact) mass is 559 g/mol. The molecule has 0 fully saturated rings. The predicted octanol–water partition coefficient (Wildman–Crippen LogP) is 6.24. The fraction of sp³-hybridized carbons (Fsp3) is 0.419. The summed E-state index contributed by atoms with van der Waals surface area (Å²) in [6, 6.07) is 9.80. The van der Waals surface area contributed by atoms with Crippen LogP contribution in [-0.4, -0.2) is 53.7 Å². The number of esters is 1. The predicted molar refractivity (Wildman–Crippen MR) is 166 cm³/mol. The molecule has 4 rings (SSSR count). The van der Waals surface area contributed by atoms with Crippen molar-refractivity contribution in [2.24, 2.45) is 11.7 Å². The molecule has 212 valence electrons. The van der Waals surface area contributed by atoms with Crippen LogP contribution in [0.1, 0.15) is 70.4 Å². The van der Waals surface area contributed by atoms with Crippen LogP contribution in [0.4, 0.5) is 0 Å². The molecule has 0 amide bonds. The fourth-order valence-electron chi connectivity index (χ4n) is 4.67. The van der Waals surface area contributed by atoms with E-state index in [0.717, 1.165) is 58.9 Å². The summed E-state index contributed by atoms with van der Waals surface area (Å²) in [5.74, 6) is 0.939. The molecule has 0 unspecified atom stereocenters. The number of nitrogens with zero attached hydrogens (tertiary/aromatic N) is 5. The Hall–Kier alpha value is -3.72. The van der Waals surface area contributed by atoms with Gasteiger partial charge in [0.15, 0.2) is 15.5 Å². The van der Waals surface area contributed by atoms with Gasteiger partial charge in [0.25, 0.3) is 0 Å². The summed E-state index contributed by atoms with van der Waals surface area (Å²) in [6.45, 7) is 17.1. The molecular weight excluding hydrogens is 518 g/mol. The van der Waals surface area contributed by atoms with Crippen molar-refractivity contribution >= 4 is 43.4 Å². The third-order valence-corrected chi connectivity index (χ3v) is 8.24. The average molecular weight is 560 g/mol. The summed E-state index contributed by atoms with van der Waals surface area (Å²) >= 11 is 0. The van der Waals surface area contributed by atoms with Gasteiger partial charge in [0.1, 0.15) is 16.9 Å². The summed E-state index contributed by atoms with van der Waals surface area (Å²) in [4.78, 5) is 22.8. The summed E-state index contributed by atoms with van der Waals surface area (Å²) in [6.07, 6.45) is 3.54. The van der Waals surface area contributed by atoms with Gasteiger partial charge in [-0.25, -0.2) is 14.8 Å². The highest BCUT2D eigenvalue weighted by molar-refractivity contribution is 6.40. The maximum absolute atomic E-state index is 12.7. The fourth-order valence-corrected chi connectivity index (χ4v) is 5.54. The van der Waals surface area contributed by atoms with Gasteiger partial charge in [0.2, 0.25) is 0 Å². The van der Waals surface area contributed by atoms with Crippen molar-refractivity contribution in [2.75, 3.05) is 7.11 Å². The number of unbranched alkanes of at least 4 members (excludes halogenated alkanes) is 1. The van der Waals surface area contributed by atoms with Crippen molar-refractivity contribution in [3.05, 3.63) is 54.2 Å². The van der Waals surface area contributed by atoms with Gasteiger partial charge >= 0.3 is 5.97 Å². The highest BCUT2D eigenvalue weighted by Gasteiger charge is 2.22. The second-order valence-electron chi connectivity index (χ2n) is 11.7. The number of methoxy groups -OCH3 is 1. The number of hydrogen-bond donors (Lipinski definition) is 0. The largest absolute Gasteiger partial charge is 0.494 e. The Morgan fingerprint density at radius 2 is 1.95 bits per heavy atom. The van der Waals surface area contributed by atoms with E-state index in [1.54, 1.807) is 19.2 Å². The van der Waals surface area contributed by atoms with Crippen molar-refractivity contribution in [2.45, 2.75) is 72.1 Å². The van der Waals surface area contributed by atoms with E-state index in [0.29, 0.717) is 16.8 Å². The first kappa shape index (κ1) is 29.3. The molecule has 0 aliphatic carbocycles. The van der Waals surface area contributed by atoms with Gasteiger partial charge in [-0.3, -0.25) is 0 Å². The number of aryl methyl sites for hydroxylation is 2. The number of benzene rings is 1. The summed E-state index contributed by atoms with van der Waals surface area (Å²) in [5, 5.41) is 1.29. The molecule has 0 bridgehead atoms. The number of imidazole rings is 1. The van der Waals surface area contributed by atoms with Gasteiger partial charge in [-0.2, -0.15) is 0 Å². The molecule has 0 aliphatic heterocycles. The Bertz CT molecular complexity index is 1590. The van der Waals surface area contributed by atoms with E-state index >= 15 is 0 Å². The molecule has 3 heterocycles. The second-order valence-corrected chi connectivity index (χ2v) is 14.4. The van der Waals surface area contributed by atoms with E-state index < -0.39 is 15.7 Å². The Kier molecular flexibility index (Phi) is 8.63. The second kappa shape index (κ2) is 11.8. The van der Waals surface area contributed by atoms with Gasteiger partial charge in [-0.15, -0.1) is 6.58 Å². The first-order valence-corrected chi connectivity index (χ1v) is 15.2. The molecule has 40 heavy (non-hydrogen) atoms. The Morgan fingerprint density at radius 1 is 1.20 bits per heavy atom. The lowest BCUT2D eigenvalue weighted by Gasteiger charge is -2.14. The lowest BCUT2D eigenvalue weighted by molar-refractivity contribution is 0.0377. The van der Waals surface area contributed by atoms with Crippen LogP contribution in [0.15, 0.2) is 47.6 Å². The molecule has 0 atom stereocenters. The number of carbonyl (C=O) groups excluding carboxylic acids is 1. The van der Waals surface area contributed by atoms with Gasteiger partial charge in [-0.05, 0) is 69.0 Å². The number of aromatic nitrogens is 4. The summed E-state index contributed by atoms with van der Waals surface area (Å²) < 4.78 is 20.3. The Labute approximate surface area is 239 Å². The van der Waals surface area contributed by atoms with Crippen molar-refractivity contribution in [3.8, 4) is 17.3 Å². The third kappa shape index (κ3) is 6.19. The van der Waals surface area contributed by atoms with Gasteiger partial charge in [0, 0.05) is 24.7 Å². The quantitative estimate of drug-likeness (QED) is 0.0755. The minimum absolute atomic E-state index is 0.221. The number of hydrogen-bond acceptors (Lipinski definition) is 6. The van der Waals surface area contributed by atoms with Crippen LogP contribution in [0.3, 0.4) is 0 Å². The van der Waals surface area contributed by atoms with Crippen LogP contribution in [-0.2, 0) is 18.3 Å². The van der Waals surface area contributed by atoms with Crippen LogP contribution >= 0.6 is 0 Å². The number of allylic oxidation sites excluding steroid dienone is 1. The molecule has 1 aromatic carbocycles. The molecule has 0 radical (unpaired) electrons. The molecule has 0 aliphatic rings. The van der Waals surface area contributed by atoms with Crippen LogP contribution in [0.5, 0.6) is 5.75 Å². The Morgan fingerprint density at radius 3 is 2.60 bits per heavy atom. The molecular formula is C31H41N5O3Si. The van der Waals surface area contributed by atoms with Crippen LogP contribution in [0, 0.1) is 0 Å². The lowest BCUT2D eigenvalue weighted by Crippen LogP contribution is -2.11. The molecule has 0 spiro atoms. The zero-order valence-electron chi connectivity index (χ0n) is 25.0. The van der Waals surface area contributed by atoms with E-state index in [4.69, 9.17) is 24.1 Å². The van der Waals surface area contributed by atoms with Crippen molar-refractivity contribution in [3.63, 3.8) is 0 Å². The number of fused-ring (bicyclic) bond motifs is 2. The topological polar surface area (TPSA) is 83.5 Å². The number of pyridine rings is 1. The maximum atomic E-state index is 12.7. The Balaban J connectivity index is 1.88. The van der Waals surface area contributed by atoms with E-state index in [9.17, 15) is 4.79 Å². The first-order chi connectivity index (χ1) is 18.9. The van der Waals surface area contributed by atoms with Crippen molar-refractivity contribution in [1.82, 2.24) is 19.1 Å². The SMILES string of the molecule is C=CCCCn1c(-c2nc3cc(C(=O)OC(C)C)cc(OC)c3n2C)cc2ccc(/C(C)=N/[SiH2]C(C)(C)C)nc21. The summed E-state index contributed by atoms with van der Waals surface area (Å²) in [5.41, 5.74) is 5.63. The normalized spacial score (nSPS) is 12.8. The minimum Gasteiger partial charge on any atom is -0.494 e. The van der Waals surface area contributed by atoms with E-state index in [2.05, 4.69) is 57.0 Å². The van der Waals surface area contributed by atoms with Gasteiger partial charge in [0.05, 0.1) is 35.7 Å². The molecule has 4 aromatic rings. The van der Waals surface area contributed by atoms with E-state index in [1.807, 2.05) is 31.5 Å². The van der Waals surface area contributed by atoms with E-state index in [1.165, 1.54) is 0 Å². The molecule has 3 aromatic heterocycles. The standard InChI is InChI=1S/C31H41N5O3Si/c1-10-11-12-15-36-25(17-21-13-14-23(32-28(21)36)20(4)34-40-31(5,6)7)29-33-24-16-22(30(37)39-19(2)3)18-26(38-9)27(24)35(29)8/h10,13-14,16-19H,1,11-12,15,40H2,2-9H3/b34-20+. The molecule has 9 heteroatoms. The summed E-state index contributed by atoms with van der Waals surface area (Å²) in [7, 11) is 2.94. The van der Waals surface area contributed by atoms with Crippen molar-refractivity contribution < 1.29 is 14.3 Å². The molecule has 0 saturated carbocycles. The highest BCUT2D eigenvalue weighted by Crippen LogP contribution is 2.34. The number of ether oxygens (including phenoxy) is 2. The molecule has 0 saturated heterocycles. The number of carbonyl (C=O) groups is 1. The van der Waals surface area contributed by atoms with Crippen molar-refractivity contribution in [1.29, 1.82) is 0 Å². The average Bonchev–Trinajstić information content (AvgIpc) is 3.42. The van der Waals surface area contributed by atoms with E-state index in [-0.39, 0.29) is 11.1 Å².